The number of hydrogen-bond acceptors (Lipinski definition) is 2. The molecule has 0 aliphatic heterocycles. The number of likely N-dealkylation sites (N-methyl/N-ethyl adjacent to an activating group) is 1. The van der Waals surface area contributed by atoms with E-state index in [2.05, 4.69) is 31.1 Å². The molecule has 0 aromatic carbocycles. The first-order valence-corrected chi connectivity index (χ1v) is 5.51. The van der Waals surface area contributed by atoms with Crippen LogP contribution in [-0.4, -0.2) is 37.5 Å². The van der Waals surface area contributed by atoms with Crippen molar-refractivity contribution < 1.29 is 4.79 Å². The minimum atomic E-state index is 0.172. The molecule has 0 aromatic heterocycles. The molecule has 0 saturated heterocycles. The maximum absolute atomic E-state index is 11.1. The molecule has 0 saturated carbocycles. The van der Waals surface area contributed by atoms with E-state index in [4.69, 9.17) is 0 Å². The third-order valence-corrected chi connectivity index (χ3v) is 1.97. The zero-order valence-corrected chi connectivity index (χ0v) is 9.97. The van der Waals surface area contributed by atoms with Crippen molar-refractivity contribution in [1.29, 1.82) is 0 Å². The second kappa shape index (κ2) is 7.80. The van der Waals surface area contributed by atoms with Crippen LogP contribution in [0.15, 0.2) is 0 Å². The van der Waals surface area contributed by atoms with Crippen molar-refractivity contribution in [3.05, 3.63) is 0 Å². The van der Waals surface area contributed by atoms with E-state index in [9.17, 15) is 4.79 Å². The lowest BCUT2D eigenvalue weighted by atomic mass is 10.2. The lowest BCUT2D eigenvalue weighted by Crippen LogP contribution is -2.34. The maximum Gasteiger partial charge on any atom is 0.220 e. The molecule has 1 amide bonds. The molecule has 0 spiro atoms. The van der Waals surface area contributed by atoms with Crippen LogP contribution in [0.25, 0.3) is 0 Å². The lowest BCUT2D eigenvalue weighted by molar-refractivity contribution is -0.121. The molecule has 1 N–H and O–H groups in total. The van der Waals surface area contributed by atoms with E-state index < -0.39 is 0 Å². The third-order valence-electron chi connectivity index (χ3n) is 1.97. The van der Waals surface area contributed by atoms with Crippen molar-refractivity contribution >= 4 is 5.91 Å². The van der Waals surface area contributed by atoms with Crippen LogP contribution in [0.5, 0.6) is 0 Å². The van der Waals surface area contributed by atoms with Crippen LogP contribution in [0.3, 0.4) is 0 Å². The molecule has 3 heteroatoms. The highest BCUT2D eigenvalue weighted by Crippen LogP contribution is 1.94. The standard InChI is InChI=1S/C11H24N2O/c1-5-6-11(14)12-7-8-13(4)9-10(2)3/h10H,5-9H2,1-4H3,(H,12,14). The zero-order chi connectivity index (χ0) is 11.0. The van der Waals surface area contributed by atoms with Gasteiger partial charge in [-0.05, 0) is 19.4 Å². The smallest absolute Gasteiger partial charge is 0.220 e. The minimum Gasteiger partial charge on any atom is -0.355 e. The van der Waals surface area contributed by atoms with Crippen molar-refractivity contribution in [2.75, 3.05) is 26.7 Å². The fraction of sp³-hybridized carbons (Fsp3) is 0.909. The highest BCUT2D eigenvalue weighted by atomic mass is 16.1. The molecule has 0 atom stereocenters. The molecular formula is C11H24N2O. The average molecular weight is 200 g/mol. The van der Waals surface area contributed by atoms with Gasteiger partial charge in [-0.15, -0.1) is 0 Å². The number of hydrogen-bond donors (Lipinski definition) is 1. The summed E-state index contributed by atoms with van der Waals surface area (Å²) in [5, 5.41) is 2.91. The third kappa shape index (κ3) is 8.05. The van der Waals surface area contributed by atoms with Crippen molar-refractivity contribution in [3.8, 4) is 0 Å². The van der Waals surface area contributed by atoms with Gasteiger partial charge in [0.05, 0.1) is 0 Å². The highest BCUT2D eigenvalue weighted by Gasteiger charge is 2.02. The van der Waals surface area contributed by atoms with Gasteiger partial charge in [0.1, 0.15) is 0 Å². The molecule has 0 fully saturated rings. The van der Waals surface area contributed by atoms with Gasteiger partial charge < -0.3 is 10.2 Å². The summed E-state index contributed by atoms with van der Waals surface area (Å²) in [5.74, 6) is 0.858. The Balaban J connectivity index is 3.39. The zero-order valence-electron chi connectivity index (χ0n) is 9.97. The number of nitrogens with one attached hydrogen (secondary N) is 1. The summed E-state index contributed by atoms with van der Waals surface area (Å²) < 4.78 is 0. The average Bonchev–Trinajstić information content (AvgIpc) is 2.02. The van der Waals surface area contributed by atoms with E-state index >= 15 is 0 Å². The molecule has 0 aliphatic rings. The van der Waals surface area contributed by atoms with Gasteiger partial charge in [0.15, 0.2) is 0 Å². The van der Waals surface area contributed by atoms with Gasteiger partial charge in [-0.1, -0.05) is 20.8 Å². The molecule has 0 aliphatic carbocycles. The van der Waals surface area contributed by atoms with Crippen molar-refractivity contribution in [2.24, 2.45) is 5.92 Å². The molecule has 0 unspecified atom stereocenters. The largest absolute Gasteiger partial charge is 0.355 e. The van der Waals surface area contributed by atoms with Gasteiger partial charge in [-0.25, -0.2) is 0 Å². The SMILES string of the molecule is CCCC(=O)NCCN(C)CC(C)C. The van der Waals surface area contributed by atoms with Gasteiger partial charge in [-0.2, -0.15) is 0 Å². The summed E-state index contributed by atoms with van der Waals surface area (Å²) in [6, 6.07) is 0. The number of nitrogens with zero attached hydrogens (tertiary/aromatic N) is 1. The van der Waals surface area contributed by atoms with Crippen LogP contribution in [0, 0.1) is 5.92 Å². The van der Waals surface area contributed by atoms with Crippen molar-refractivity contribution in [2.45, 2.75) is 33.6 Å². The predicted molar refractivity (Wildman–Crippen MR) is 60.3 cm³/mol. The predicted octanol–water partition coefficient (Wildman–Crippen LogP) is 1.49. The molecular weight excluding hydrogens is 176 g/mol. The monoisotopic (exact) mass is 200 g/mol. The Bertz CT molecular complexity index is 157. The first-order chi connectivity index (χ1) is 6.56. The summed E-state index contributed by atoms with van der Waals surface area (Å²) in [5.41, 5.74) is 0. The highest BCUT2D eigenvalue weighted by molar-refractivity contribution is 5.75. The molecule has 84 valence electrons. The Morgan fingerprint density at radius 2 is 2.07 bits per heavy atom. The van der Waals surface area contributed by atoms with E-state index in [1.54, 1.807) is 0 Å². The van der Waals surface area contributed by atoms with E-state index in [0.717, 1.165) is 26.1 Å². The van der Waals surface area contributed by atoms with Crippen LogP contribution in [-0.2, 0) is 4.79 Å². The summed E-state index contributed by atoms with van der Waals surface area (Å²) >= 11 is 0. The van der Waals surface area contributed by atoms with E-state index in [0.29, 0.717) is 12.3 Å². The van der Waals surface area contributed by atoms with E-state index in [1.807, 2.05) is 6.92 Å². The van der Waals surface area contributed by atoms with E-state index in [1.165, 1.54) is 0 Å². The van der Waals surface area contributed by atoms with Crippen molar-refractivity contribution in [1.82, 2.24) is 10.2 Å². The molecule has 14 heavy (non-hydrogen) atoms. The minimum absolute atomic E-state index is 0.172. The molecule has 3 nitrogen and oxygen atoms in total. The number of amides is 1. The molecule has 0 aromatic rings. The lowest BCUT2D eigenvalue weighted by Gasteiger charge is -2.18. The van der Waals surface area contributed by atoms with Crippen LogP contribution in [0.1, 0.15) is 33.6 Å². The number of carbonyl (C=O) groups is 1. The van der Waals surface area contributed by atoms with Crippen LogP contribution in [0.4, 0.5) is 0 Å². The molecule has 0 bridgehead atoms. The van der Waals surface area contributed by atoms with Gasteiger partial charge >= 0.3 is 0 Å². The van der Waals surface area contributed by atoms with Gasteiger partial charge in [0.2, 0.25) is 5.91 Å². The molecule has 0 rings (SSSR count). The quantitative estimate of drug-likeness (QED) is 0.675. The maximum atomic E-state index is 11.1. The fourth-order valence-corrected chi connectivity index (χ4v) is 1.42. The topological polar surface area (TPSA) is 32.3 Å². The number of rotatable bonds is 7. The summed E-state index contributed by atoms with van der Waals surface area (Å²) in [7, 11) is 2.09. The van der Waals surface area contributed by atoms with Gasteiger partial charge in [0, 0.05) is 26.1 Å². The molecule has 0 radical (unpaired) electrons. The Kier molecular flexibility index (Phi) is 7.48. The van der Waals surface area contributed by atoms with Gasteiger partial charge in [0.25, 0.3) is 0 Å². The van der Waals surface area contributed by atoms with Crippen LogP contribution in [0.2, 0.25) is 0 Å². The van der Waals surface area contributed by atoms with Crippen molar-refractivity contribution in [3.63, 3.8) is 0 Å². The second-order valence-corrected chi connectivity index (χ2v) is 4.26. The summed E-state index contributed by atoms with van der Waals surface area (Å²) in [6.45, 7) is 9.21. The fourth-order valence-electron chi connectivity index (χ4n) is 1.42. The normalized spacial score (nSPS) is 11.0. The Morgan fingerprint density at radius 3 is 2.57 bits per heavy atom. The summed E-state index contributed by atoms with van der Waals surface area (Å²) in [4.78, 5) is 13.4. The Hall–Kier alpha value is -0.570. The van der Waals surface area contributed by atoms with E-state index in [-0.39, 0.29) is 5.91 Å². The van der Waals surface area contributed by atoms with Crippen LogP contribution < -0.4 is 5.32 Å². The summed E-state index contributed by atoms with van der Waals surface area (Å²) in [6.07, 6.45) is 1.57. The molecule has 0 heterocycles. The van der Waals surface area contributed by atoms with Gasteiger partial charge in [-0.3, -0.25) is 4.79 Å². The second-order valence-electron chi connectivity index (χ2n) is 4.26. The first-order valence-electron chi connectivity index (χ1n) is 5.51. The first kappa shape index (κ1) is 13.4. The Labute approximate surface area is 87.9 Å². The van der Waals surface area contributed by atoms with Crippen LogP contribution >= 0.6 is 0 Å². The Morgan fingerprint density at radius 1 is 1.43 bits per heavy atom. The number of carbonyl (C=O) groups excluding carboxylic acids is 1.